The second kappa shape index (κ2) is 4.07. The summed E-state index contributed by atoms with van der Waals surface area (Å²) in [4.78, 5) is 0. The minimum atomic E-state index is 0.683. The number of alkyl halides is 1. The van der Waals surface area contributed by atoms with Crippen molar-refractivity contribution in [1.82, 2.24) is 0 Å². The first-order valence-electron chi connectivity index (χ1n) is 3.24. The van der Waals surface area contributed by atoms with Crippen molar-refractivity contribution in [3.05, 3.63) is 12.2 Å². The van der Waals surface area contributed by atoms with Gasteiger partial charge in [0.25, 0.3) is 0 Å². The van der Waals surface area contributed by atoms with Crippen LogP contribution in [0.25, 0.3) is 0 Å². The molecule has 1 aliphatic rings. The van der Waals surface area contributed by atoms with Gasteiger partial charge in [0.1, 0.15) is 0 Å². The second-order valence-electron chi connectivity index (χ2n) is 2.21. The fourth-order valence-electron chi connectivity index (χ4n) is 0.948. The quantitative estimate of drug-likeness (QED) is 0.479. The van der Waals surface area contributed by atoms with Gasteiger partial charge in [0.2, 0.25) is 0 Å². The first-order valence-corrected chi connectivity index (χ1v) is 4.36. The fraction of sp³-hybridized carbons (Fsp3) is 0.714. The van der Waals surface area contributed by atoms with Gasteiger partial charge in [-0.25, -0.2) is 0 Å². The molecule has 1 atom stereocenters. The molecule has 0 amide bonds. The Morgan fingerprint density at radius 2 is 2.56 bits per heavy atom. The predicted molar refractivity (Wildman–Crippen MR) is 41.9 cm³/mol. The molecule has 1 saturated heterocycles. The largest absolute Gasteiger partial charge is 0.381 e. The molecule has 0 aromatic heterocycles. The smallest absolute Gasteiger partial charge is 0.0529 e. The highest BCUT2D eigenvalue weighted by molar-refractivity contribution is 9.09. The zero-order chi connectivity index (χ0) is 6.53. The predicted octanol–water partition coefficient (Wildman–Crippen LogP) is 1.97. The molecule has 0 bridgehead atoms. The van der Waals surface area contributed by atoms with E-state index in [0.29, 0.717) is 5.92 Å². The van der Waals surface area contributed by atoms with E-state index in [1.165, 1.54) is 6.42 Å². The van der Waals surface area contributed by atoms with Gasteiger partial charge in [-0.2, -0.15) is 0 Å². The third-order valence-corrected chi connectivity index (χ3v) is 1.84. The van der Waals surface area contributed by atoms with Crippen LogP contribution >= 0.6 is 15.9 Å². The lowest BCUT2D eigenvalue weighted by Crippen LogP contribution is -1.92. The van der Waals surface area contributed by atoms with Gasteiger partial charge in [0.15, 0.2) is 0 Å². The summed E-state index contributed by atoms with van der Waals surface area (Å²) in [5.74, 6) is 0.683. The van der Waals surface area contributed by atoms with Crippen molar-refractivity contribution in [1.29, 1.82) is 0 Å². The van der Waals surface area contributed by atoms with E-state index in [1.54, 1.807) is 0 Å². The lowest BCUT2D eigenvalue weighted by Gasteiger charge is -1.95. The van der Waals surface area contributed by atoms with Crippen LogP contribution in [0.15, 0.2) is 12.2 Å². The van der Waals surface area contributed by atoms with Crippen molar-refractivity contribution in [2.24, 2.45) is 5.92 Å². The van der Waals surface area contributed by atoms with Gasteiger partial charge in [0, 0.05) is 17.9 Å². The number of rotatable bonds is 2. The van der Waals surface area contributed by atoms with Crippen LogP contribution < -0.4 is 0 Å². The van der Waals surface area contributed by atoms with Crippen molar-refractivity contribution < 1.29 is 4.74 Å². The molecule has 9 heavy (non-hydrogen) atoms. The van der Waals surface area contributed by atoms with Crippen LogP contribution in [0.3, 0.4) is 0 Å². The van der Waals surface area contributed by atoms with Crippen LogP contribution in [0.2, 0.25) is 0 Å². The summed E-state index contributed by atoms with van der Waals surface area (Å²) in [5.41, 5.74) is 0. The number of hydrogen-bond donors (Lipinski definition) is 0. The Morgan fingerprint density at radius 3 is 3.11 bits per heavy atom. The molecule has 2 heteroatoms. The Hall–Kier alpha value is 0.180. The second-order valence-corrected chi connectivity index (χ2v) is 2.85. The van der Waals surface area contributed by atoms with Crippen LogP contribution in [0.4, 0.5) is 0 Å². The molecule has 1 aliphatic heterocycles. The Labute approximate surface area is 64.2 Å². The minimum Gasteiger partial charge on any atom is -0.381 e. The van der Waals surface area contributed by atoms with E-state index in [-0.39, 0.29) is 0 Å². The summed E-state index contributed by atoms with van der Waals surface area (Å²) in [7, 11) is 0. The first kappa shape index (κ1) is 7.29. The average molecular weight is 191 g/mol. The van der Waals surface area contributed by atoms with Crippen molar-refractivity contribution >= 4 is 15.9 Å². The van der Waals surface area contributed by atoms with Gasteiger partial charge in [-0.1, -0.05) is 28.1 Å². The molecule has 1 heterocycles. The standard InChI is InChI=1S/C7H11BrO/c8-4-1-2-7-3-5-9-6-7/h1-2,7H,3-6H2/b2-1+/t7-/m0/s1. The van der Waals surface area contributed by atoms with E-state index in [4.69, 9.17) is 4.74 Å². The zero-order valence-corrected chi connectivity index (χ0v) is 6.93. The Kier molecular flexibility index (Phi) is 3.30. The molecular formula is C7H11BrO. The number of allylic oxidation sites excluding steroid dienone is 1. The summed E-state index contributed by atoms with van der Waals surface area (Å²) in [5, 5.41) is 0.962. The van der Waals surface area contributed by atoms with Crippen LogP contribution in [0.5, 0.6) is 0 Å². The summed E-state index contributed by atoms with van der Waals surface area (Å²) in [6.45, 7) is 1.86. The van der Waals surface area contributed by atoms with E-state index < -0.39 is 0 Å². The highest BCUT2D eigenvalue weighted by Gasteiger charge is 2.10. The van der Waals surface area contributed by atoms with E-state index in [9.17, 15) is 0 Å². The molecule has 0 unspecified atom stereocenters. The molecule has 0 saturated carbocycles. The van der Waals surface area contributed by atoms with Gasteiger partial charge < -0.3 is 4.74 Å². The summed E-state index contributed by atoms with van der Waals surface area (Å²) < 4.78 is 5.19. The van der Waals surface area contributed by atoms with E-state index in [2.05, 4.69) is 28.1 Å². The third kappa shape index (κ3) is 2.50. The number of halogens is 1. The van der Waals surface area contributed by atoms with Gasteiger partial charge >= 0.3 is 0 Å². The molecular weight excluding hydrogens is 180 g/mol. The maximum Gasteiger partial charge on any atom is 0.0529 e. The van der Waals surface area contributed by atoms with Crippen LogP contribution in [0, 0.1) is 5.92 Å². The number of hydrogen-bond acceptors (Lipinski definition) is 1. The average Bonchev–Trinajstić information content (AvgIpc) is 2.34. The van der Waals surface area contributed by atoms with Crippen molar-refractivity contribution in [3.63, 3.8) is 0 Å². The Bertz CT molecular complexity index is 95.1. The van der Waals surface area contributed by atoms with Gasteiger partial charge in [-0.05, 0) is 6.42 Å². The third-order valence-electron chi connectivity index (χ3n) is 1.46. The first-order chi connectivity index (χ1) is 4.43. The molecule has 0 aliphatic carbocycles. The highest BCUT2D eigenvalue weighted by Crippen LogP contribution is 2.13. The maximum absolute atomic E-state index is 5.19. The lowest BCUT2D eigenvalue weighted by molar-refractivity contribution is 0.191. The van der Waals surface area contributed by atoms with Gasteiger partial charge in [-0.15, -0.1) is 0 Å². The van der Waals surface area contributed by atoms with E-state index >= 15 is 0 Å². The fourth-order valence-corrected chi connectivity index (χ4v) is 1.16. The van der Waals surface area contributed by atoms with Crippen molar-refractivity contribution in [3.8, 4) is 0 Å². The summed E-state index contributed by atoms with van der Waals surface area (Å²) in [6.07, 6.45) is 5.56. The zero-order valence-electron chi connectivity index (χ0n) is 5.35. The molecule has 0 N–H and O–H groups in total. The summed E-state index contributed by atoms with van der Waals surface area (Å²) >= 11 is 3.33. The monoisotopic (exact) mass is 190 g/mol. The Balaban J connectivity index is 2.18. The molecule has 52 valence electrons. The molecule has 1 nitrogen and oxygen atoms in total. The molecule has 1 rings (SSSR count). The summed E-state index contributed by atoms with van der Waals surface area (Å²) in [6, 6.07) is 0. The molecule has 0 aromatic rings. The van der Waals surface area contributed by atoms with Crippen LogP contribution in [0.1, 0.15) is 6.42 Å². The van der Waals surface area contributed by atoms with Crippen LogP contribution in [-0.4, -0.2) is 18.5 Å². The molecule has 1 fully saturated rings. The van der Waals surface area contributed by atoms with E-state index in [0.717, 1.165) is 18.5 Å². The highest BCUT2D eigenvalue weighted by atomic mass is 79.9. The molecule has 0 spiro atoms. The van der Waals surface area contributed by atoms with Gasteiger partial charge in [-0.3, -0.25) is 0 Å². The van der Waals surface area contributed by atoms with Crippen molar-refractivity contribution in [2.75, 3.05) is 18.5 Å². The number of ether oxygens (including phenoxy) is 1. The normalized spacial score (nSPS) is 27.9. The SMILES string of the molecule is BrC/C=C/[C@H]1CCOC1. The lowest BCUT2D eigenvalue weighted by atomic mass is 10.1. The molecule has 0 aromatic carbocycles. The maximum atomic E-state index is 5.19. The molecule has 0 radical (unpaired) electrons. The minimum absolute atomic E-state index is 0.683. The topological polar surface area (TPSA) is 9.23 Å². The van der Waals surface area contributed by atoms with Crippen LogP contribution in [-0.2, 0) is 4.74 Å². The van der Waals surface area contributed by atoms with Crippen molar-refractivity contribution in [2.45, 2.75) is 6.42 Å². The Morgan fingerprint density at radius 1 is 1.67 bits per heavy atom. The van der Waals surface area contributed by atoms with E-state index in [1.807, 2.05) is 0 Å². The van der Waals surface area contributed by atoms with Gasteiger partial charge in [0.05, 0.1) is 6.61 Å².